The van der Waals surface area contributed by atoms with Gasteiger partial charge in [-0.25, -0.2) is 4.79 Å². The molecule has 0 radical (unpaired) electrons. The SMILES string of the molecule is CC(=O)N1CCC(CNC(=O)O)C1. The van der Waals surface area contributed by atoms with Crippen molar-refractivity contribution >= 4 is 12.0 Å². The molecule has 1 atom stereocenters. The fraction of sp³-hybridized carbons (Fsp3) is 0.750. The Morgan fingerprint density at radius 1 is 1.62 bits per heavy atom. The van der Waals surface area contributed by atoms with E-state index in [1.54, 1.807) is 4.90 Å². The van der Waals surface area contributed by atoms with Gasteiger partial charge < -0.3 is 15.3 Å². The zero-order chi connectivity index (χ0) is 9.84. The number of rotatable bonds is 2. The van der Waals surface area contributed by atoms with Crippen molar-refractivity contribution in [3.05, 3.63) is 0 Å². The van der Waals surface area contributed by atoms with Crippen molar-refractivity contribution in [2.24, 2.45) is 5.92 Å². The summed E-state index contributed by atoms with van der Waals surface area (Å²) in [5, 5.41) is 10.7. The Kier molecular flexibility index (Phi) is 3.11. The maximum Gasteiger partial charge on any atom is 0.404 e. The molecule has 0 aliphatic carbocycles. The Bertz CT molecular complexity index is 217. The van der Waals surface area contributed by atoms with E-state index in [9.17, 15) is 9.59 Å². The summed E-state index contributed by atoms with van der Waals surface area (Å²) in [6, 6.07) is 0. The van der Waals surface area contributed by atoms with Gasteiger partial charge in [-0.3, -0.25) is 4.79 Å². The predicted octanol–water partition coefficient (Wildman–Crippen LogP) is 0.122. The molecule has 1 fully saturated rings. The quantitative estimate of drug-likeness (QED) is 0.643. The molecule has 13 heavy (non-hydrogen) atoms. The van der Waals surface area contributed by atoms with E-state index >= 15 is 0 Å². The minimum Gasteiger partial charge on any atom is -0.465 e. The Balaban J connectivity index is 2.25. The van der Waals surface area contributed by atoms with Gasteiger partial charge in [0.1, 0.15) is 0 Å². The molecule has 2 N–H and O–H groups in total. The van der Waals surface area contributed by atoms with Gasteiger partial charge in [0.2, 0.25) is 5.91 Å². The van der Waals surface area contributed by atoms with Crippen molar-refractivity contribution in [2.45, 2.75) is 13.3 Å². The second-order valence-corrected chi connectivity index (χ2v) is 3.31. The third-order valence-corrected chi connectivity index (χ3v) is 2.27. The molecule has 5 heteroatoms. The molecule has 1 unspecified atom stereocenters. The van der Waals surface area contributed by atoms with Gasteiger partial charge in [0.15, 0.2) is 0 Å². The summed E-state index contributed by atoms with van der Waals surface area (Å²) in [4.78, 5) is 22.8. The summed E-state index contributed by atoms with van der Waals surface area (Å²) in [6.45, 7) is 3.41. The minimum atomic E-state index is -0.999. The lowest BCUT2D eigenvalue weighted by atomic mass is 10.1. The molecule has 1 saturated heterocycles. The number of carbonyl (C=O) groups excluding carboxylic acids is 1. The highest BCUT2D eigenvalue weighted by Crippen LogP contribution is 2.14. The maximum absolute atomic E-state index is 10.9. The molecule has 2 amide bonds. The molecule has 5 nitrogen and oxygen atoms in total. The number of carbonyl (C=O) groups is 2. The average Bonchev–Trinajstić information content (AvgIpc) is 2.48. The normalized spacial score (nSPS) is 21.6. The van der Waals surface area contributed by atoms with E-state index in [0.717, 1.165) is 13.0 Å². The smallest absolute Gasteiger partial charge is 0.404 e. The number of amides is 2. The largest absolute Gasteiger partial charge is 0.465 e. The monoisotopic (exact) mass is 186 g/mol. The third-order valence-electron chi connectivity index (χ3n) is 2.27. The topological polar surface area (TPSA) is 69.6 Å². The molecule has 0 aromatic heterocycles. The fourth-order valence-electron chi connectivity index (χ4n) is 1.52. The van der Waals surface area contributed by atoms with Gasteiger partial charge in [-0.15, -0.1) is 0 Å². The average molecular weight is 186 g/mol. The highest BCUT2D eigenvalue weighted by atomic mass is 16.4. The molecule has 1 heterocycles. The van der Waals surface area contributed by atoms with E-state index in [0.29, 0.717) is 13.1 Å². The van der Waals surface area contributed by atoms with Gasteiger partial charge in [-0.2, -0.15) is 0 Å². The molecule has 1 aliphatic heterocycles. The van der Waals surface area contributed by atoms with Crippen LogP contribution in [-0.4, -0.2) is 41.6 Å². The standard InChI is InChI=1S/C8H14N2O3/c1-6(11)10-3-2-7(5-10)4-9-8(12)13/h7,9H,2-5H2,1H3,(H,12,13). The number of nitrogens with one attached hydrogen (secondary N) is 1. The molecule has 0 spiro atoms. The Morgan fingerprint density at radius 2 is 2.31 bits per heavy atom. The molecular weight excluding hydrogens is 172 g/mol. The summed E-state index contributed by atoms with van der Waals surface area (Å²) in [5.41, 5.74) is 0. The number of carboxylic acid groups (broad SMARTS) is 1. The lowest BCUT2D eigenvalue weighted by molar-refractivity contribution is -0.127. The summed E-state index contributed by atoms with van der Waals surface area (Å²) >= 11 is 0. The van der Waals surface area contributed by atoms with Crippen LogP contribution >= 0.6 is 0 Å². The second-order valence-electron chi connectivity index (χ2n) is 3.31. The highest BCUT2D eigenvalue weighted by Gasteiger charge is 2.23. The minimum absolute atomic E-state index is 0.0674. The first-order valence-electron chi connectivity index (χ1n) is 4.32. The van der Waals surface area contributed by atoms with Crippen LogP contribution in [0.15, 0.2) is 0 Å². The zero-order valence-electron chi connectivity index (χ0n) is 7.62. The maximum atomic E-state index is 10.9. The first-order valence-corrected chi connectivity index (χ1v) is 4.32. The van der Waals surface area contributed by atoms with Crippen LogP contribution in [0.2, 0.25) is 0 Å². The summed E-state index contributed by atoms with van der Waals surface area (Å²) < 4.78 is 0. The van der Waals surface area contributed by atoms with E-state index in [2.05, 4.69) is 5.32 Å². The van der Waals surface area contributed by atoms with Gasteiger partial charge in [0.05, 0.1) is 0 Å². The van der Waals surface area contributed by atoms with Crippen LogP contribution < -0.4 is 5.32 Å². The van der Waals surface area contributed by atoms with Gasteiger partial charge >= 0.3 is 6.09 Å². The number of hydrogen-bond donors (Lipinski definition) is 2. The van der Waals surface area contributed by atoms with Crippen molar-refractivity contribution in [1.82, 2.24) is 10.2 Å². The number of hydrogen-bond acceptors (Lipinski definition) is 2. The summed E-state index contributed by atoms with van der Waals surface area (Å²) in [6.07, 6.45) is -0.110. The van der Waals surface area contributed by atoms with Crippen molar-refractivity contribution in [3.8, 4) is 0 Å². The van der Waals surface area contributed by atoms with Gasteiger partial charge in [0.25, 0.3) is 0 Å². The first kappa shape index (κ1) is 9.83. The summed E-state index contributed by atoms with van der Waals surface area (Å²) in [5.74, 6) is 0.345. The van der Waals surface area contributed by atoms with Crippen LogP contribution in [0.3, 0.4) is 0 Å². The van der Waals surface area contributed by atoms with Crippen LogP contribution in [0, 0.1) is 5.92 Å². The second kappa shape index (κ2) is 4.11. The Labute approximate surface area is 76.7 Å². The van der Waals surface area contributed by atoms with Crippen LogP contribution in [0.1, 0.15) is 13.3 Å². The lowest BCUT2D eigenvalue weighted by Gasteiger charge is -2.13. The van der Waals surface area contributed by atoms with E-state index < -0.39 is 6.09 Å². The third kappa shape index (κ3) is 2.93. The van der Waals surface area contributed by atoms with Gasteiger partial charge in [0, 0.05) is 26.6 Å². The van der Waals surface area contributed by atoms with E-state index in [4.69, 9.17) is 5.11 Å². The molecule has 1 rings (SSSR count). The molecule has 1 aliphatic rings. The van der Waals surface area contributed by atoms with Gasteiger partial charge in [-0.1, -0.05) is 0 Å². The molecular formula is C8H14N2O3. The van der Waals surface area contributed by atoms with Crippen LogP contribution in [0.25, 0.3) is 0 Å². The molecule has 0 saturated carbocycles. The van der Waals surface area contributed by atoms with Crippen molar-refractivity contribution in [1.29, 1.82) is 0 Å². The van der Waals surface area contributed by atoms with Crippen molar-refractivity contribution in [3.63, 3.8) is 0 Å². The molecule has 0 bridgehead atoms. The first-order chi connectivity index (χ1) is 6.09. The van der Waals surface area contributed by atoms with E-state index in [1.165, 1.54) is 6.92 Å². The van der Waals surface area contributed by atoms with Crippen LogP contribution in [0.5, 0.6) is 0 Å². The lowest BCUT2D eigenvalue weighted by Crippen LogP contribution is -2.31. The van der Waals surface area contributed by atoms with Crippen molar-refractivity contribution in [2.75, 3.05) is 19.6 Å². The molecule has 0 aromatic carbocycles. The van der Waals surface area contributed by atoms with Crippen molar-refractivity contribution < 1.29 is 14.7 Å². The molecule has 74 valence electrons. The zero-order valence-corrected chi connectivity index (χ0v) is 7.62. The van der Waals surface area contributed by atoms with Crippen LogP contribution in [-0.2, 0) is 4.79 Å². The van der Waals surface area contributed by atoms with E-state index in [-0.39, 0.29) is 11.8 Å². The predicted molar refractivity (Wildman–Crippen MR) is 46.4 cm³/mol. The van der Waals surface area contributed by atoms with Crippen LogP contribution in [0.4, 0.5) is 4.79 Å². The number of nitrogens with zero attached hydrogens (tertiary/aromatic N) is 1. The fourth-order valence-corrected chi connectivity index (χ4v) is 1.52. The summed E-state index contributed by atoms with van der Waals surface area (Å²) in [7, 11) is 0. The van der Waals surface area contributed by atoms with Gasteiger partial charge in [-0.05, 0) is 12.3 Å². The highest BCUT2D eigenvalue weighted by molar-refractivity contribution is 5.73. The molecule has 0 aromatic rings. The Hall–Kier alpha value is -1.26. The number of likely N-dealkylation sites (tertiary alicyclic amines) is 1. The van der Waals surface area contributed by atoms with E-state index in [1.807, 2.05) is 0 Å². The Morgan fingerprint density at radius 3 is 2.77 bits per heavy atom.